The SMILES string of the molecule is O=C(COC(=O)[C@@H]1COc2ccc(Cl)cc2C1)NCc1ccco1. The minimum absolute atomic E-state index is 0.224. The van der Waals surface area contributed by atoms with Crippen LogP contribution in [0.3, 0.4) is 0 Å². The molecule has 0 radical (unpaired) electrons. The lowest BCUT2D eigenvalue weighted by Gasteiger charge is -2.24. The average molecular weight is 350 g/mol. The third kappa shape index (κ3) is 4.08. The van der Waals surface area contributed by atoms with E-state index in [1.54, 1.807) is 30.3 Å². The van der Waals surface area contributed by atoms with Crippen molar-refractivity contribution in [2.24, 2.45) is 5.92 Å². The van der Waals surface area contributed by atoms with Crippen molar-refractivity contribution in [2.45, 2.75) is 13.0 Å². The molecule has 3 rings (SSSR count). The van der Waals surface area contributed by atoms with Gasteiger partial charge in [-0.1, -0.05) is 11.6 Å². The molecule has 6 nitrogen and oxygen atoms in total. The summed E-state index contributed by atoms with van der Waals surface area (Å²) < 4.78 is 15.7. The van der Waals surface area contributed by atoms with Crippen molar-refractivity contribution in [2.75, 3.05) is 13.2 Å². The Morgan fingerprint density at radius 3 is 3.00 bits per heavy atom. The molecule has 7 heteroatoms. The molecule has 1 aliphatic rings. The van der Waals surface area contributed by atoms with Crippen molar-refractivity contribution < 1.29 is 23.5 Å². The van der Waals surface area contributed by atoms with Gasteiger partial charge in [0, 0.05) is 5.02 Å². The Balaban J connectivity index is 1.46. The Bertz CT molecular complexity index is 729. The third-order valence-corrected chi connectivity index (χ3v) is 3.88. The predicted molar refractivity (Wildman–Crippen MR) is 85.7 cm³/mol. The summed E-state index contributed by atoms with van der Waals surface area (Å²) in [6.07, 6.45) is 2.00. The zero-order chi connectivity index (χ0) is 16.9. The fourth-order valence-electron chi connectivity index (χ4n) is 2.42. The van der Waals surface area contributed by atoms with E-state index in [4.69, 9.17) is 25.5 Å². The van der Waals surface area contributed by atoms with Crippen LogP contribution in [0.2, 0.25) is 5.02 Å². The van der Waals surface area contributed by atoms with Gasteiger partial charge in [0.25, 0.3) is 5.91 Å². The molecule has 1 amide bonds. The molecule has 126 valence electrons. The number of carbonyl (C=O) groups is 2. The van der Waals surface area contributed by atoms with Crippen molar-refractivity contribution in [3.63, 3.8) is 0 Å². The van der Waals surface area contributed by atoms with Crippen molar-refractivity contribution in [3.8, 4) is 5.75 Å². The monoisotopic (exact) mass is 349 g/mol. The van der Waals surface area contributed by atoms with Gasteiger partial charge >= 0.3 is 5.97 Å². The summed E-state index contributed by atoms with van der Waals surface area (Å²) >= 11 is 5.95. The summed E-state index contributed by atoms with van der Waals surface area (Å²) in [6, 6.07) is 8.76. The standard InChI is InChI=1S/C17H16ClNO5/c18-13-3-4-15-11(7-13)6-12(9-23-15)17(21)24-10-16(20)19-8-14-2-1-5-22-14/h1-5,7,12H,6,8-10H2,(H,19,20)/t12-/m0/s1. The molecule has 1 aliphatic heterocycles. The van der Waals surface area contributed by atoms with E-state index >= 15 is 0 Å². The van der Waals surface area contributed by atoms with Gasteiger partial charge in [-0.3, -0.25) is 9.59 Å². The van der Waals surface area contributed by atoms with Gasteiger partial charge in [0.05, 0.1) is 18.7 Å². The number of carbonyl (C=O) groups excluding carboxylic acids is 2. The minimum atomic E-state index is -0.464. The molecule has 0 saturated heterocycles. The maximum atomic E-state index is 12.1. The van der Waals surface area contributed by atoms with Gasteiger partial charge in [-0.05, 0) is 42.3 Å². The molecule has 2 aromatic rings. The number of rotatable bonds is 5. The van der Waals surface area contributed by atoms with Crippen LogP contribution in [0.25, 0.3) is 0 Å². The fourth-order valence-corrected chi connectivity index (χ4v) is 2.61. The highest BCUT2D eigenvalue weighted by molar-refractivity contribution is 6.30. The van der Waals surface area contributed by atoms with Crippen LogP contribution in [0.4, 0.5) is 0 Å². The van der Waals surface area contributed by atoms with Crippen molar-refractivity contribution in [1.29, 1.82) is 0 Å². The van der Waals surface area contributed by atoms with Crippen LogP contribution >= 0.6 is 11.6 Å². The van der Waals surface area contributed by atoms with Gasteiger partial charge in [-0.15, -0.1) is 0 Å². The second kappa shape index (κ2) is 7.40. The maximum absolute atomic E-state index is 12.1. The van der Waals surface area contributed by atoms with E-state index in [0.717, 1.165) is 11.3 Å². The lowest BCUT2D eigenvalue weighted by Crippen LogP contribution is -2.33. The number of hydrogen-bond acceptors (Lipinski definition) is 5. The molecule has 2 heterocycles. The Labute approximate surface area is 143 Å². The van der Waals surface area contributed by atoms with E-state index in [9.17, 15) is 9.59 Å². The van der Waals surface area contributed by atoms with Crippen LogP contribution in [0, 0.1) is 5.92 Å². The molecule has 1 aromatic carbocycles. The summed E-state index contributed by atoms with van der Waals surface area (Å²) in [5.74, 6) is 0.0472. The van der Waals surface area contributed by atoms with Crippen LogP contribution < -0.4 is 10.1 Å². The molecule has 0 spiro atoms. The van der Waals surface area contributed by atoms with Crippen LogP contribution in [0.15, 0.2) is 41.0 Å². The van der Waals surface area contributed by atoms with Crippen LogP contribution in [-0.4, -0.2) is 25.1 Å². The molecule has 1 aromatic heterocycles. The van der Waals surface area contributed by atoms with E-state index < -0.39 is 11.9 Å². The highest BCUT2D eigenvalue weighted by atomic mass is 35.5. The lowest BCUT2D eigenvalue weighted by atomic mass is 9.97. The Kier molecular flexibility index (Phi) is 5.05. The number of nitrogens with one attached hydrogen (secondary N) is 1. The molecule has 0 aliphatic carbocycles. The maximum Gasteiger partial charge on any atom is 0.313 e. The van der Waals surface area contributed by atoms with Gasteiger partial charge in [-0.25, -0.2) is 0 Å². The fraction of sp³-hybridized carbons (Fsp3) is 0.294. The van der Waals surface area contributed by atoms with Crippen LogP contribution in [0.1, 0.15) is 11.3 Å². The minimum Gasteiger partial charge on any atom is -0.492 e. The first-order valence-corrected chi connectivity index (χ1v) is 7.86. The molecule has 0 unspecified atom stereocenters. The largest absolute Gasteiger partial charge is 0.492 e. The summed E-state index contributed by atoms with van der Waals surface area (Å²) in [4.78, 5) is 23.8. The van der Waals surface area contributed by atoms with E-state index in [0.29, 0.717) is 17.2 Å². The number of amides is 1. The molecular weight excluding hydrogens is 334 g/mol. The summed E-state index contributed by atoms with van der Waals surface area (Å²) in [6.45, 7) is 0.141. The Morgan fingerprint density at radius 2 is 2.21 bits per heavy atom. The van der Waals surface area contributed by atoms with Gasteiger partial charge in [0.2, 0.25) is 0 Å². The van der Waals surface area contributed by atoms with Crippen LogP contribution in [0.5, 0.6) is 5.75 Å². The summed E-state index contributed by atoms with van der Waals surface area (Å²) in [5, 5.41) is 3.19. The molecule has 0 fully saturated rings. The lowest BCUT2D eigenvalue weighted by molar-refractivity contribution is -0.153. The topological polar surface area (TPSA) is 77.8 Å². The number of furan rings is 1. The van der Waals surface area contributed by atoms with E-state index in [2.05, 4.69) is 5.32 Å². The molecule has 24 heavy (non-hydrogen) atoms. The smallest absolute Gasteiger partial charge is 0.313 e. The average Bonchev–Trinajstić information content (AvgIpc) is 3.10. The number of esters is 1. The van der Waals surface area contributed by atoms with Crippen molar-refractivity contribution in [1.82, 2.24) is 5.32 Å². The first-order valence-electron chi connectivity index (χ1n) is 7.49. The number of halogens is 1. The second-order valence-corrected chi connectivity index (χ2v) is 5.86. The molecular formula is C17H16ClNO5. The highest BCUT2D eigenvalue weighted by Gasteiger charge is 2.27. The van der Waals surface area contributed by atoms with E-state index in [1.807, 2.05) is 0 Å². The molecule has 1 atom stereocenters. The van der Waals surface area contributed by atoms with Crippen molar-refractivity contribution in [3.05, 3.63) is 52.9 Å². The van der Waals surface area contributed by atoms with Gasteiger partial charge in [-0.2, -0.15) is 0 Å². The Morgan fingerprint density at radius 1 is 1.33 bits per heavy atom. The number of hydrogen-bond donors (Lipinski definition) is 1. The summed E-state index contributed by atoms with van der Waals surface area (Å²) in [7, 11) is 0. The first-order chi connectivity index (χ1) is 11.6. The van der Waals surface area contributed by atoms with Crippen molar-refractivity contribution >= 4 is 23.5 Å². The predicted octanol–water partition coefficient (Wildman–Crippen LogP) is 2.34. The van der Waals surface area contributed by atoms with Gasteiger partial charge in [0.15, 0.2) is 6.61 Å². The first kappa shape index (κ1) is 16.4. The Hall–Kier alpha value is -2.47. The van der Waals surface area contributed by atoms with Gasteiger partial charge in [0.1, 0.15) is 18.1 Å². The zero-order valence-electron chi connectivity index (χ0n) is 12.8. The normalized spacial score (nSPS) is 16.0. The summed E-state index contributed by atoms with van der Waals surface area (Å²) in [5.41, 5.74) is 0.859. The molecule has 0 bridgehead atoms. The van der Waals surface area contributed by atoms with Gasteiger partial charge < -0.3 is 19.2 Å². The van der Waals surface area contributed by atoms with E-state index in [1.165, 1.54) is 6.26 Å². The number of fused-ring (bicyclic) bond motifs is 1. The van der Waals surface area contributed by atoms with Crippen LogP contribution in [-0.2, 0) is 27.3 Å². The second-order valence-electron chi connectivity index (χ2n) is 5.43. The number of ether oxygens (including phenoxy) is 2. The highest BCUT2D eigenvalue weighted by Crippen LogP contribution is 2.30. The third-order valence-electron chi connectivity index (χ3n) is 3.65. The quantitative estimate of drug-likeness (QED) is 0.838. The molecule has 0 saturated carbocycles. The zero-order valence-corrected chi connectivity index (χ0v) is 13.5. The number of benzene rings is 1. The molecule has 1 N–H and O–H groups in total. The van der Waals surface area contributed by atoms with E-state index in [-0.39, 0.29) is 25.7 Å².